The van der Waals surface area contributed by atoms with Crippen molar-refractivity contribution in [1.29, 1.82) is 0 Å². The van der Waals surface area contributed by atoms with Gasteiger partial charge in [0, 0.05) is 12.3 Å². The van der Waals surface area contributed by atoms with Gasteiger partial charge in [0.05, 0.1) is 10.6 Å². The maximum Gasteiger partial charge on any atom is 0.143 e. The summed E-state index contributed by atoms with van der Waals surface area (Å²) in [5, 5.41) is 23.8. The predicted octanol–water partition coefficient (Wildman–Crippen LogP) is 3.85. The largest absolute Gasteiger partial charge is 0.507 e. The molecule has 2 aromatic rings. The molecule has 0 spiro atoms. The third-order valence-electron chi connectivity index (χ3n) is 2.72. The first-order valence-electron chi connectivity index (χ1n) is 6.78. The van der Waals surface area contributed by atoms with E-state index in [4.69, 9.17) is 16.4 Å². The lowest BCUT2D eigenvalue weighted by Crippen LogP contribution is -2.18. The molecule has 122 valence electrons. The van der Waals surface area contributed by atoms with E-state index in [1.807, 2.05) is 0 Å². The van der Waals surface area contributed by atoms with Gasteiger partial charge in [-0.3, -0.25) is 4.98 Å². The fourth-order valence-corrected chi connectivity index (χ4v) is 1.87. The van der Waals surface area contributed by atoms with E-state index in [0.717, 1.165) is 12.1 Å². The van der Waals surface area contributed by atoms with Crippen LogP contribution in [0.4, 0.5) is 4.39 Å². The van der Waals surface area contributed by atoms with Crippen molar-refractivity contribution in [2.75, 3.05) is 0 Å². The standard InChI is InChI=1S/C16H16ClFN2O3/c1-16(2,3)23-20-14(15-12(21)5-4-6-19-15)9-7-11(18)10(17)8-13(9)22/h4-8,21-22H,1-3H3/b20-14-. The zero-order valence-corrected chi connectivity index (χ0v) is 13.6. The lowest BCUT2D eigenvalue weighted by molar-refractivity contribution is 0.00108. The van der Waals surface area contributed by atoms with Crippen LogP contribution in [0.3, 0.4) is 0 Å². The van der Waals surface area contributed by atoms with Crippen LogP contribution in [0.1, 0.15) is 32.0 Å². The predicted molar refractivity (Wildman–Crippen MR) is 85.5 cm³/mol. The Kier molecular flexibility index (Phi) is 4.75. The molecule has 0 saturated carbocycles. The molecule has 0 radical (unpaired) electrons. The summed E-state index contributed by atoms with van der Waals surface area (Å²) in [6.45, 7) is 5.32. The Hall–Kier alpha value is -2.34. The minimum Gasteiger partial charge on any atom is -0.507 e. The van der Waals surface area contributed by atoms with Gasteiger partial charge in [0.15, 0.2) is 0 Å². The molecule has 1 aromatic heterocycles. The van der Waals surface area contributed by atoms with Gasteiger partial charge in [0.1, 0.15) is 34.3 Å². The molecular weight excluding hydrogens is 323 g/mol. The second-order valence-electron chi connectivity index (χ2n) is 5.80. The van der Waals surface area contributed by atoms with Gasteiger partial charge in [0.2, 0.25) is 0 Å². The summed E-state index contributed by atoms with van der Waals surface area (Å²) < 4.78 is 13.8. The molecule has 0 saturated heterocycles. The first-order chi connectivity index (χ1) is 10.7. The molecule has 0 atom stereocenters. The molecule has 0 aliphatic carbocycles. The van der Waals surface area contributed by atoms with Crippen molar-refractivity contribution in [3.63, 3.8) is 0 Å². The summed E-state index contributed by atoms with van der Waals surface area (Å²) in [6, 6.07) is 5.00. The third-order valence-corrected chi connectivity index (χ3v) is 3.00. The molecular formula is C16H16ClFN2O3. The van der Waals surface area contributed by atoms with Crippen molar-refractivity contribution in [3.8, 4) is 11.5 Å². The van der Waals surface area contributed by atoms with Crippen molar-refractivity contribution in [1.82, 2.24) is 4.98 Å². The normalized spacial score (nSPS) is 12.3. The number of aromatic hydroxyl groups is 2. The number of aromatic nitrogens is 1. The zero-order chi connectivity index (χ0) is 17.2. The molecule has 1 aromatic carbocycles. The van der Waals surface area contributed by atoms with E-state index < -0.39 is 11.4 Å². The van der Waals surface area contributed by atoms with E-state index in [0.29, 0.717) is 0 Å². The quantitative estimate of drug-likeness (QED) is 0.658. The Labute approximate surface area is 138 Å². The van der Waals surface area contributed by atoms with Crippen molar-refractivity contribution in [2.24, 2.45) is 5.16 Å². The lowest BCUT2D eigenvalue weighted by atomic mass is 10.0. The van der Waals surface area contributed by atoms with Crippen LogP contribution >= 0.6 is 11.6 Å². The number of phenols is 1. The number of rotatable bonds is 3. The molecule has 23 heavy (non-hydrogen) atoms. The van der Waals surface area contributed by atoms with E-state index >= 15 is 0 Å². The number of nitrogens with zero attached hydrogens (tertiary/aromatic N) is 2. The number of benzene rings is 1. The van der Waals surface area contributed by atoms with Crippen LogP contribution in [0.2, 0.25) is 5.02 Å². The van der Waals surface area contributed by atoms with Crippen molar-refractivity contribution < 1.29 is 19.4 Å². The zero-order valence-electron chi connectivity index (χ0n) is 12.8. The summed E-state index contributed by atoms with van der Waals surface area (Å²) in [5.41, 5.74) is -0.582. The van der Waals surface area contributed by atoms with Crippen LogP contribution in [0.25, 0.3) is 0 Å². The summed E-state index contributed by atoms with van der Waals surface area (Å²) in [7, 11) is 0. The summed E-state index contributed by atoms with van der Waals surface area (Å²) in [5.74, 6) is -1.23. The van der Waals surface area contributed by atoms with Gasteiger partial charge in [-0.15, -0.1) is 0 Å². The molecule has 7 heteroatoms. The van der Waals surface area contributed by atoms with Gasteiger partial charge >= 0.3 is 0 Å². The van der Waals surface area contributed by atoms with Crippen LogP contribution in [-0.4, -0.2) is 26.5 Å². The van der Waals surface area contributed by atoms with E-state index in [-0.39, 0.29) is 33.5 Å². The van der Waals surface area contributed by atoms with Crippen LogP contribution in [0.5, 0.6) is 11.5 Å². The second kappa shape index (κ2) is 6.42. The lowest BCUT2D eigenvalue weighted by Gasteiger charge is -2.17. The monoisotopic (exact) mass is 338 g/mol. The first kappa shape index (κ1) is 17.0. The molecule has 0 aliphatic heterocycles. The van der Waals surface area contributed by atoms with Gasteiger partial charge < -0.3 is 15.1 Å². The highest BCUT2D eigenvalue weighted by molar-refractivity contribution is 6.31. The molecule has 2 rings (SSSR count). The Bertz CT molecular complexity index is 757. The summed E-state index contributed by atoms with van der Waals surface area (Å²) >= 11 is 5.65. The van der Waals surface area contributed by atoms with Crippen LogP contribution in [-0.2, 0) is 4.84 Å². The second-order valence-corrected chi connectivity index (χ2v) is 6.21. The fourth-order valence-electron chi connectivity index (χ4n) is 1.71. The minimum absolute atomic E-state index is 0.00477. The molecule has 1 heterocycles. The average molecular weight is 339 g/mol. The smallest absolute Gasteiger partial charge is 0.143 e. The average Bonchev–Trinajstić information content (AvgIpc) is 2.45. The Morgan fingerprint density at radius 1 is 1.26 bits per heavy atom. The minimum atomic E-state index is -0.738. The third kappa shape index (κ3) is 4.10. The first-order valence-corrected chi connectivity index (χ1v) is 7.16. The Morgan fingerprint density at radius 2 is 1.96 bits per heavy atom. The Morgan fingerprint density at radius 3 is 2.57 bits per heavy atom. The molecule has 0 amide bonds. The molecule has 0 aliphatic rings. The highest BCUT2D eigenvalue weighted by atomic mass is 35.5. The molecule has 0 unspecified atom stereocenters. The summed E-state index contributed by atoms with van der Waals surface area (Å²) in [4.78, 5) is 9.37. The van der Waals surface area contributed by atoms with Crippen LogP contribution < -0.4 is 0 Å². The summed E-state index contributed by atoms with van der Waals surface area (Å²) in [6.07, 6.45) is 1.44. The Balaban J connectivity index is 2.64. The maximum atomic E-state index is 13.8. The van der Waals surface area contributed by atoms with Gasteiger partial charge in [-0.1, -0.05) is 16.8 Å². The van der Waals surface area contributed by atoms with E-state index in [1.54, 1.807) is 20.8 Å². The molecule has 2 N–H and O–H groups in total. The SMILES string of the molecule is CC(C)(C)O/N=C(/c1cc(F)c(Cl)cc1O)c1ncccc1O. The number of pyridine rings is 1. The van der Waals surface area contributed by atoms with E-state index in [2.05, 4.69) is 10.1 Å². The molecule has 5 nitrogen and oxygen atoms in total. The van der Waals surface area contributed by atoms with Gasteiger partial charge in [-0.2, -0.15) is 0 Å². The number of halogens is 2. The van der Waals surface area contributed by atoms with E-state index in [9.17, 15) is 14.6 Å². The molecule has 0 bridgehead atoms. The van der Waals surface area contributed by atoms with Gasteiger partial charge in [-0.05, 0) is 39.0 Å². The molecule has 0 fully saturated rings. The number of hydrogen-bond acceptors (Lipinski definition) is 5. The van der Waals surface area contributed by atoms with Gasteiger partial charge in [-0.25, -0.2) is 4.39 Å². The number of oxime groups is 1. The topological polar surface area (TPSA) is 74.9 Å². The highest BCUT2D eigenvalue weighted by Gasteiger charge is 2.21. The van der Waals surface area contributed by atoms with Crippen LogP contribution in [0, 0.1) is 5.82 Å². The highest BCUT2D eigenvalue weighted by Crippen LogP contribution is 2.29. The maximum absolute atomic E-state index is 13.8. The fraction of sp³-hybridized carbons (Fsp3) is 0.250. The van der Waals surface area contributed by atoms with Crippen molar-refractivity contribution in [3.05, 3.63) is 52.6 Å². The van der Waals surface area contributed by atoms with Gasteiger partial charge in [0.25, 0.3) is 0 Å². The van der Waals surface area contributed by atoms with Crippen LogP contribution in [0.15, 0.2) is 35.6 Å². The van der Waals surface area contributed by atoms with Crippen molar-refractivity contribution >= 4 is 17.3 Å². The van der Waals surface area contributed by atoms with E-state index in [1.165, 1.54) is 18.3 Å². The number of hydrogen-bond donors (Lipinski definition) is 2. The number of phenolic OH excluding ortho intramolecular Hbond substituents is 1. The van der Waals surface area contributed by atoms with Crippen molar-refractivity contribution in [2.45, 2.75) is 26.4 Å².